The monoisotopic (exact) mass is 220 g/mol. The molecule has 0 heterocycles. The van der Waals surface area contributed by atoms with Crippen LogP contribution in [0.3, 0.4) is 0 Å². The van der Waals surface area contributed by atoms with Crippen LogP contribution in [0.4, 0.5) is 0 Å². The first-order chi connectivity index (χ1) is 6.33. The smallest absolute Gasteiger partial charge is 0.225 e. The van der Waals surface area contributed by atoms with Crippen LogP contribution in [0.1, 0.15) is 20.3 Å². The Kier molecular flexibility index (Phi) is 5.05. The van der Waals surface area contributed by atoms with Crippen LogP contribution in [0.15, 0.2) is 0 Å². The molecule has 0 aliphatic carbocycles. The van der Waals surface area contributed by atoms with Crippen LogP contribution in [0.25, 0.3) is 0 Å². The van der Waals surface area contributed by atoms with E-state index >= 15 is 0 Å². The van der Waals surface area contributed by atoms with Gasteiger partial charge in [0.25, 0.3) is 0 Å². The molecule has 0 fully saturated rings. The fourth-order valence-electron chi connectivity index (χ4n) is 0.832. The summed E-state index contributed by atoms with van der Waals surface area (Å²) in [5.41, 5.74) is -0.294. The maximum atomic E-state index is 11.1. The molecule has 0 spiro atoms. The highest BCUT2D eigenvalue weighted by Crippen LogP contribution is 2.18. The Bertz CT molecular complexity index is 303. The van der Waals surface area contributed by atoms with Crippen LogP contribution >= 0.6 is 0 Å². The average Bonchev–Trinajstić information content (AvgIpc) is 2.01. The minimum Gasteiger partial charge on any atom is -0.396 e. The maximum Gasteiger partial charge on any atom is 0.225 e. The maximum absolute atomic E-state index is 11.1. The number of nitrogens with one attached hydrogen (secondary N) is 1. The van der Waals surface area contributed by atoms with E-state index in [9.17, 15) is 8.42 Å². The van der Waals surface area contributed by atoms with Gasteiger partial charge in [-0.25, -0.2) is 13.1 Å². The van der Waals surface area contributed by atoms with Gasteiger partial charge >= 0.3 is 0 Å². The lowest BCUT2D eigenvalue weighted by Crippen LogP contribution is -2.35. The third kappa shape index (κ3) is 5.91. The van der Waals surface area contributed by atoms with Crippen LogP contribution in [0, 0.1) is 16.7 Å². The van der Waals surface area contributed by atoms with Gasteiger partial charge < -0.3 is 5.11 Å². The normalized spacial score (nSPS) is 12.4. The van der Waals surface area contributed by atoms with Crippen LogP contribution < -0.4 is 4.72 Å². The third-order valence-electron chi connectivity index (χ3n) is 1.81. The Labute approximate surface area is 84.8 Å². The third-order valence-corrected chi connectivity index (χ3v) is 2.91. The fourth-order valence-corrected chi connectivity index (χ4v) is 1.72. The highest BCUT2D eigenvalue weighted by Gasteiger charge is 2.20. The van der Waals surface area contributed by atoms with Crippen molar-refractivity contribution < 1.29 is 13.5 Å². The van der Waals surface area contributed by atoms with E-state index in [1.165, 1.54) is 0 Å². The largest absolute Gasteiger partial charge is 0.396 e. The first-order valence-electron chi connectivity index (χ1n) is 4.28. The zero-order chi connectivity index (χ0) is 11.2. The van der Waals surface area contributed by atoms with Gasteiger partial charge in [-0.3, -0.25) is 0 Å². The second-order valence-corrected chi connectivity index (χ2v) is 5.68. The number of rotatable bonds is 6. The Morgan fingerprint density at radius 1 is 1.50 bits per heavy atom. The van der Waals surface area contributed by atoms with Crippen molar-refractivity contribution in [2.45, 2.75) is 20.3 Å². The molecule has 0 aromatic heterocycles. The van der Waals surface area contributed by atoms with Crippen molar-refractivity contribution in [3.8, 4) is 6.07 Å². The minimum atomic E-state index is -3.48. The van der Waals surface area contributed by atoms with Crippen LogP contribution in [-0.2, 0) is 10.0 Å². The first-order valence-corrected chi connectivity index (χ1v) is 5.93. The molecule has 0 aliphatic rings. The molecule has 0 aromatic carbocycles. The highest BCUT2D eigenvalue weighted by molar-refractivity contribution is 7.89. The molecular formula is C8H16N2O3S. The number of nitrogens with zero attached hydrogens (tertiary/aromatic N) is 1. The summed E-state index contributed by atoms with van der Waals surface area (Å²) < 4.78 is 24.5. The molecule has 0 amide bonds. The Morgan fingerprint density at radius 2 is 2.07 bits per heavy atom. The van der Waals surface area contributed by atoms with Gasteiger partial charge in [0.05, 0.1) is 6.07 Å². The van der Waals surface area contributed by atoms with Crippen molar-refractivity contribution in [3.05, 3.63) is 0 Å². The molecule has 6 heteroatoms. The molecule has 82 valence electrons. The van der Waals surface area contributed by atoms with Gasteiger partial charge in [-0.05, 0) is 11.8 Å². The predicted molar refractivity (Wildman–Crippen MR) is 52.9 cm³/mol. The lowest BCUT2D eigenvalue weighted by molar-refractivity contribution is 0.213. The van der Waals surface area contributed by atoms with Crippen molar-refractivity contribution in [2.75, 3.05) is 18.9 Å². The summed E-state index contributed by atoms with van der Waals surface area (Å²) in [5, 5.41) is 16.9. The number of hydrogen-bond donors (Lipinski definition) is 2. The molecule has 5 nitrogen and oxygen atoms in total. The lowest BCUT2D eigenvalue weighted by Gasteiger charge is -2.23. The second kappa shape index (κ2) is 5.29. The molecule has 0 unspecified atom stereocenters. The summed E-state index contributed by atoms with van der Waals surface area (Å²) in [7, 11) is -3.48. The molecule has 0 aliphatic heterocycles. The van der Waals surface area contributed by atoms with E-state index in [2.05, 4.69) is 4.72 Å². The van der Waals surface area contributed by atoms with Gasteiger partial charge in [-0.1, -0.05) is 13.8 Å². The number of sulfonamides is 1. The van der Waals surface area contributed by atoms with Crippen molar-refractivity contribution >= 4 is 10.0 Å². The van der Waals surface area contributed by atoms with Crippen LogP contribution in [-0.4, -0.2) is 32.4 Å². The van der Waals surface area contributed by atoms with Gasteiger partial charge in [0.15, 0.2) is 5.75 Å². The van der Waals surface area contributed by atoms with Gasteiger partial charge in [0, 0.05) is 13.2 Å². The molecule has 2 N–H and O–H groups in total. The molecule has 0 radical (unpaired) electrons. The SMILES string of the molecule is CC(C)(CCO)CNS(=O)(=O)CC#N. The van der Waals surface area contributed by atoms with E-state index in [4.69, 9.17) is 10.4 Å². The summed E-state index contributed by atoms with van der Waals surface area (Å²) in [5.74, 6) is -0.526. The minimum absolute atomic E-state index is 0.0208. The Balaban J connectivity index is 4.12. The van der Waals surface area contributed by atoms with Gasteiger partial charge in [-0.15, -0.1) is 0 Å². The van der Waals surface area contributed by atoms with Crippen molar-refractivity contribution in [1.29, 1.82) is 5.26 Å². The summed E-state index contributed by atoms with van der Waals surface area (Å²) in [6, 6.07) is 1.58. The van der Waals surface area contributed by atoms with Gasteiger partial charge in [0.1, 0.15) is 0 Å². The first kappa shape index (κ1) is 13.4. The summed E-state index contributed by atoms with van der Waals surface area (Å²) in [4.78, 5) is 0. The number of aliphatic hydroxyl groups excluding tert-OH is 1. The lowest BCUT2D eigenvalue weighted by atomic mass is 9.90. The number of hydrogen-bond acceptors (Lipinski definition) is 4. The molecule has 0 saturated heterocycles. The molecule has 0 saturated carbocycles. The zero-order valence-corrected chi connectivity index (χ0v) is 9.26. The summed E-state index contributed by atoms with van der Waals surface area (Å²) in [6.07, 6.45) is 0.516. The molecule has 0 atom stereocenters. The second-order valence-electron chi connectivity index (χ2n) is 3.88. The molecule has 14 heavy (non-hydrogen) atoms. The van der Waals surface area contributed by atoms with Crippen molar-refractivity contribution in [3.63, 3.8) is 0 Å². The Hall–Kier alpha value is -0.640. The van der Waals surface area contributed by atoms with Crippen LogP contribution in [0.5, 0.6) is 0 Å². The van der Waals surface area contributed by atoms with Crippen LogP contribution in [0.2, 0.25) is 0 Å². The molecule has 0 aromatic rings. The zero-order valence-electron chi connectivity index (χ0n) is 8.45. The van der Waals surface area contributed by atoms with E-state index in [1.807, 2.05) is 13.8 Å². The van der Waals surface area contributed by atoms with Crippen molar-refractivity contribution in [2.24, 2.45) is 5.41 Å². The Morgan fingerprint density at radius 3 is 2.50 bits per heavy atom. The molecule has 0 bridgehead atoms. The number of nitriles is 1. The molecule has 0 rings (SSSR count). The average molecular weight is 220 g/mol. The highest BCUT2D eigenvalue weighted by atomic mass is 32.2. The fraction of sp³-hybridized carbons (Fsp3) is 0.875. The topological polar surface area (TPSA) is 90.2 Å². The quantitative estimate of drug-likeness (QED) is 0.650. The summed E-state index contributed by atoms with van der Waals surface area (Å²) in [6.45, 7) is 3.95. The van der Waals surface area contributed by atoms with Crippen molar-refractivity contribution in [1.82, 2.24) is 4.72 Å². The van der Waals surface area contributed by atoms with Gasteiger partial charge in [0.2, 0.25) is 10.0 Å². The van der Waals surface area contributed by atoms with E-state index in [0.29, 0.717) is 6.42 Å². The number of aliphatic hydroxyl groups is 1. The molecular weight excluding hydrogens is 204 g/mol. The summed E-state index contributed by atoms with van der Waals surface area (Å²) >= 11 is 0. The van der Waals surface area contributed by atoms with E-state index in [1.54, 1.807) is 6.07 Å². The predicted octanol–water partition coefficient (Wildman–Crippen LogP) is -0.162. The van der Waals surface area contributed by atoms with Gasteiger partial charge in [-0.2, -0.15) is 5.26 Å². The van der Waals surface area contributed by atoms with E-state index in [-0.39, 0.29) is 18.6 Å². The van der Waals surface area contributed by atoms with E-state index < -0.39 is 15.8 Å². The standard InChI is InChI=1S/C8H16N2O3S/c1-8(2,3-5-11)7-10-14(12,13)6-4-9/h10-11H,3,5-7H2,1-2H3. The van der Waals surface area contributed by atoms with E-state index in [0.717, 1.165) is 0 Å².